The molecule has 2 amide bonds. The van der Waals surface area contributed by atoms with Crippen molar-refractivity contribution in [3.63, 3.8) is 0 Å². The second-order valence-corrected chi connectivity index (χ2v) is 4.56. The van der Waals surface area contributed by atoms with Crippen LogP contribution in [0.25, 0.3) is 0 Å². The lowest BCUT2D eigenvalue weighted by Gasteiger charge is -2.14. The number of benzene rings is 1. The summed E-state index contributed by atoms with van der Waals surface area (Å²) in [5.74, 6) is -1.22. The Balaban J connectivity index is 2.67. The number of hydrogen-bond donors (Lipinski definition) is 3. The maximum absolute atomic E-state index is 13.1. The van der Waals surface area contributed by atoms with Crippen LogP contribution in [-0.2, 0) is 0 Å². The first-order valence-electron chi connectivity index (χ1n) is 6.39. The second-order valence-electron chi connectivity index (χ2n) is 4.56. The summed E-state index contributed by atoms with van der Waals surface area (Å²) in [6.07, 6.45) is -4.87. The van der Waals surface area contributed by atoms with Gasteiger partial charge in [0.15, 0.2) is 6.61 Å². The monoisotopic (exact) mass is 324 g/mol. The maximum atomic E-state index is 13.1. The summed E-state index contributed by atoms with van der Waals surface area (Å²) in [6.45, 7) is 0.112. The van der Waals surface area contributed by atoms with E-state index < -0.39 is 36.5 Å². The molecular formula is C13H16F4N2O3. The van der Waals surface area contributed by atoms with Crippen LogP contribution in [0.3, 0.4) is 0 Å². The molecule has 3 N–H and O–H groups in total. The number of halogens is 4. The molecule has 0 saturated heterocycles. The smallest absolute Gasteiger partial charge is 0.422 e. The highest BCUT2D eigenvalue weighted by Crippen LogP contribution is 2.27. The number of ether oxygens (including phenoxy) is 1. The number of rotatable bonds is 6. The molecule has 0 heterocycles. The molecule has 0 aliphatic rings. The molecule has 0 saturated carbocycles. The van der Waals surface area contributed by atoms with Crippen LogP contribution >= 0.6 is 0 Å². The number of aliphatic hydroxyl groups excluding tert-OH is 1. The molecule has 0 radical (unpaired) electrons. The van der Waals surface area contributed by atoms with Crippen molar-refractivity contribution in [1.29, 1.82) is 0 Å². The fourth-order valence-corrected chi connectivity index (χ4v) is 1.44. The van der Waals surface area contributed by atoms with Gasteiger partial charge in [0.05, 0.1) is 11.8 Å². The lowest BCUT2D eigenvalue weighted by atomic mass is 10.3. The van der Waals surface area contributed by atoms with Crippen molar-refractivity contribution in [2.24, 2.45) is 0 Å². The summed E-state index contributed by atoms with van der Waals surface area (Å²) in [5.41, 5.74) is -0.0970. The third-order valence-electron chi connectivity index (χ3n) is 2.43. The van der Waals surface area contributed by atoms with Gasteiger partial charge in [-0.1, -0.05) is 0 Å². The molecule has 124 valence electrons. The van der Waals surface area contributed by atoms with E-state index in [4.69, 9.17) is 5.11 Å². The normalized spacial score (nSPS) is 12.6. The van der Waals surface area contributed by atoms with Gasteiger partial charge in [-0.2, -0.15) is 13.2 Å². The van der Waals surface area contributed by atoms with Crippen molar-refractivity contribution in [2.75, 3.05) is 18.5 Å². The van der Waals surface area contributed by atoms with Crippen LogP contribution in [0.4, 0.5) is 28.0 Å². The van der Waals surface area contributed by atoms with E-state index in [0.717, 1.165) is 18.2 Å². The number of carbonyl (C=O) groups excluding carboxylic acids is 1. The number of hydrogen-bond acceptors (Lipinski definition) is 3. The van der Waals surface area contributed by atoms with E-state index in [9.17, 15) is 22.4 Å². The predicted octanol–water partition coefficient (Wildman–Crippen LogP) is 2.66. The van der Waals surface area contributed by atoms with Gasteiger partial charge in [0.1, 0.15) is 11.6 Å². The zero-order valence-electron chi connectivity index (χ0n) is 11.7. The van der Waals surface area contributed by atoms with Gasteiger partial charge < -0.3 is 20.5 Å². The first kappa shape index (κ1) is 18.0. The minimum atomic E-state index is -4.58. The Labute approximate surface area is 124 Å². The molecular weight excluding hydrogens is 308 g/mol. The quantitative estimate of drug-likeness (QED) is 0.705. The van der Waals surface area contributed by atoms with Crippen LogP contribution < -0.4 is 15.4 Å². The van der Waals surface area contributed by atoms with Crippen molar-refractivity contribution in [3.8, 4) is 5.75 Å². The molecule has 0 spiro atoms. The second kappa shape index (κ2) is 7.83. The summed E-state index contributed by atoms with van der Waals surface area (Å²) in [5, 5.41) is 13.7. The van der Waals surface area contributed by atoms with Crippen LogP contribution in [0, 0.1) is 5.82 Å². The fraction of sp³-hybridized carbons (Fsp3) is 0.462. The highest BCUT2D eigenvalue weighted by Gasteiger charge is 2.29. The van der Waals surface area contributed by atoms with Crippen LogP contribution in [0.2, 0.25) is 0 Å². The molecule has 1 aromatic rings. The zero-order valence-corrected chi connectivity index (χ0v) is 11.7. The molecule has 1 rings (SSSR count). The van der Waals surface area contributed by atoms with Gasteiger partial charge in [-0.3, -0.25) is 0 Å². The number of amides is 2. The van der Waals surface area contributed by atoms with Crippen LogP contribution in [0.1, 0.15) is 13.3 Å². The number of nitrogens with one attached hydrogen (secondary N) is 2. The van der Waals surface area contributed by atoms with Gasteiger partial charge in [0.25, 0.3) is 0 Å². The first-order valence-corrected chi connectivity index (χ1v) is 6.39. The van der Waals surface area contributed by atoms with E-state index in [1.165, 1.54) is 0 Å². The topological polar surface area (TPSA) is 70.6 Å². The summed E-state index contributed by atoms with van der Waals surface area (Å²) in [7, 11) is 0. The Morgan fingerprint density at radius 2 is 2.09 bits per heavy atom. The molecule has 9 heteroatoms. The van der Waals surface area contributed by atoms with Crippen LogP contribution in [0.15, 0.2) is 18.2 Å². The Bertz CT molecular complexity index is 507. The molecule has 1 unspecified atom stereocenters. The van der Waals surface area contributed by atoms with Gasteiger partial charge in [-0.25, -0.2) is 9.18 Å². The van der Waals surface area contributed by atoms with E-state index >= 15 is 0 Å². The van der Waals surface area contributed by atoms with Crippen molar-refractivity contribution >= 4 is 11.7 Å². The zero-order chi connectivity index (χ0) is 16.8. The molecule has 1 aromatic carbocycles. The average Bonchev–Trinajstić information content (AvgIpc) is 2.37. The number of alkyl halides is 3. The first-order chi connectivity index (χ1) is 10.2. The van der Waals surface area contributed by atoms with Gasteiger partial charge in [-0.15, -0.1) is 0 Å². The van der Waals surface area contributed by atoms with E-state index in [0.29, 0.717) is 6.42 Å². The van der Waals surface area contributed by atoms with E-state index in [-0.39, 0.29) is 12.2 Å². The minimum absolute atomic E-state index is 0.0970. The van der Waals surface area contributed by atoms with Gasteiger partial charge in [0, 0.05) is 12.6 Å². The molecule has 1 atom stereocenters. The van der Waals surface area contributed by atoms with Crippen molar-refractivity contribution < 1.29 is 32.2 Å². The summed E-state index contributed by atoms with van der Waals surface area (Å²) in [4.78, 5) is 11.6. The number of carbonyl (C=O) groups is 1. The highest BCUT2D eigenvalue weighted by atomic mass is 19.4. The molecule has 0 bridgehead atoms. The van der Waals surface area contributed by atoms with Crippen molar-refractivity contribution in [1.82, 2.24) is 5.32 Å². The van der Waals surface area contributed by atoms with E-state index in [1.807, 2.05) is 0 Å². The van der Waals surface area contributed by atoms with Gasteiger partial charge >= 0.3 is 12.2 Å². The Kier molecular flexibility index (Phi) is 6.41. The number of anilines is 1. The molecule has 22 heavy (non-hydrogen) atoms. The Hall–Kier alpha value is -2.03. The van der Waals surface area contributed by atoms with Gasteiger partial charge in [0.2, 0.25) is 0 Å². The SMILES string of the molecule is CC(O)CCNC(=O)Nc1ccc(F)cc1OCC(F)(F)F. The van der Waals surface area contributed by atoms with Crippen LogP contribution in [-0.4, -0.2) is 36.6 Å². The predicted molar refractivity (Wildman–Crippen MR) is 71.3 cm³/mol. The maximum Gasteiger partial charge on any atom is 0.422 e. The molecule has 5 nitrogen and oxygen atoms in total. The number of aliphatic hydroxyl groups is 1. The molecule has 0 fully saturated rings. The third kappa shape index (κ3) is 7.11. The Morgan fingerprint density at radius 1 is 1.41 bits per heavy atom. The third-order valence-corrected chi connectivity index (χ3v) is 2.43. The van der Waals surface area contributed by atoms with Gasteiger partial charge in [-0.05, 0) is 25.5 Å². The highest BCUT2D eigenvalue weighted by molar-refractivity contribution is 5.90. The van der Waals surface area contributed by atoms with Crippen molar-refractivity contribution in [2.45, 2.75) is 25.6 Å². The summed E-state index contributed by atoms with van der Waals surface area (Å²) >= 11 is 0. The van der Waals surface area contributed by atoms with E-state index in [2.05, 4.69) is 15.4 Å². The molecule has 0 aromatic heterocycles. The minimum Gasteiger partial charge on any atom is -0.482 e. The average molecular weight is 324 g/mol. The largest absolute Gasteiger partial charge is 0.482 e. The van der Waals surface area contributed by atoms with E-state index in [1.54, 1.807) is 6.92 Å². The Morgan fingerprint density at radius 3 is 2.68 bits per heavy atom. The van der Waals surface area contributed by atoms with Crippen molar-refractivity contribution in [3.05, 3.63) is 24.0 Å². The number of urea groups is 1. The summed E-state index contributed by atoms with van der Waals surface area (Å²) in [6, 6.07) is 2.11. The standard InChI is InChI=1S/C13H16F4N2O3/c1-8(20)4-5-18-12(21)19-10-3-2-9(14)6-11(10)22-7-13(15,16)17/h2-3,6,8,20H,4-5,7H2,1H3,(H2,18,19,21). The van der Waals surface area contributed by atoms with Crippen LogP contribution in [0.5, 0.6) is 5.75 Å². The lowest BCUT2D eigenvalue weighted by Crippen LogP contribution is -2.31. The lowest BCUT2D eigenvalue weighted by molar-refractivity contribution is -0.153. The molecule has 0 aliphatic heterocycles. The fourth-order valence-electron chi connectivity index (χ4n) is 1.44. The summed E-state index contributed by atoms with van der Waals surface area (Å²) < 4.78 is 54.0. The molecule has 0 aliphatic carbocycles.